The third-order valence-electron chi connectivity index (χ3n) is 3.80. The van der Waals surface area contributed by atoms with Gasteiger partial charge in [0, 0.05) is 25.2 Å². The number of nitro groups is 2. The van der Waals surface area contributed by atoms with Crippen LogP contribution in [0, 0.1) is 20.2 Å². The van der Waals surface area contributed by atoms with Gasteiger partial charge in [-0.05, 0) is 33.3 Å². The minimum absolute atomic E-state index is 0.0366. The Morgan fingerprint density at radius 3 is 2.43 bits per heavy atom. The Labute approximate surface area is 160 Å². The average molecular weight is 416 g/mol. The van der Waals surface area contributed by atoms with Crippen LogP contribution in [0.3, 0.4) is 0 Å². The van der Waals surface area contributed by atoms with Crippen molar-refractivity contribution in [1.29, 1.82) is 0 Å². The van der Waals surface area contributed by atoms with Crippen LogP contribution in [-0.2, 0) is 14.8 Å². The maximum atomic E-state index is 12.6. The van der Waals surface area contributed by atoms with Gasteiger partial charge in [-0.3, -0.25) is 20.2 Å². The summed E-state index contributed by atoms with van der Waals surface area (Å²) in [5, 5.41) is 22.0. The Hall–Kier alpha value is -2.80. The normalized spacial score (nSPS) is 17.4. The van der Waals surface area contributed by atoms with Crippen LogP contribution in [0.5, 0.6) is 0 Å². The van der Waals surface area contributed by atoms with E-state index in [1.807, 2.05) is 0 Å². The van der Waals surface area contributed by atoms with Crippen molar-refractivity contribution in [3.63, 3.8) is 0 Å². The number of nitrogens with zero attached hydrogens (tertiary/aromatic N) is 3. The molecule has 0 aliphatic carbocycles. The number of carbonyl (C=O) groups excluding carboxylic acids is 1. The molecule has 0 saturated carbocycles. The molecule has 1 aromatic carbocycles. The topological polar surface area (TPSA) is 162 Å². The summed E-state index contributed by atoms with van der Waals surface area (Å²) in [6, 6.07) is 1.62. The van der Waals surface area contributed by atoms with Crippen molar-refractivity contribution in [2.45, 2.75) is 43.7 Å². The van der Waals surface area contributed by atoms with E-state index in [0.29, 0.717) is 12.5 Å². The number of amides is 1. The summed E-state index contributed by atoms with van der Waals surface area (Å²) in [7, 11) is -4.34. The maximum absolute atomic E-state index is 12.6. The fraction of sp³-hybridized carbons (Fsp3) is 0.533. The lowest BCUT2D eigenvalue weighted by Crippen LogP contribution is -2.40. The van der Waals surface area contributed by atoms with E-state index in [-0.39, 0.29) is 13.1 Å². The van der Waals surface area contributed by atoms with E-state index < -0.39 is 53.9 Å². The minimum atomic E-state index is -4.34. The second-order valence-corrected chi connectivity index (χ2v) is 8.88. The van der Waals surface area contributed by atoms with E-state index in [1.54, 1.807) is 20.8 Å². The zero-order valence-electron chi connectivity index (χ0n) is 15.4. The Bertz CT molecular complexity index is 909. The first-order valence-corrected chi connectivity index (χ1v) is 9.71. The zero-order valence-corrected chi connectivity index (χ0v) is 16.3. The van der Waals surface area contributed by atoms with Crippen molar-refractivity contribution in [3.05, 3.63) is 38.4 Å². The van der Waals surface area contributed by atoms with Crippen LogP contribution in [-0.4, -0.2) is 54.0 Å². The molecule has 1 fully saturated rings. The fourth-order valence-corrected chi connectivity index (χ4v) is 4.04. The van der Waals surface area contributed by atoms with E-state index in [4.69, 9.17) is 4.74 Å². The lowest BCUT2D eigenvalue weighted by Gasteiger charge is -2.24. The molecule has 13 heteroatoms. The Balaban J connectivity index is 2.18. The summed E-state index contributed by atoms with van der Waals surface area (Å²) in [5.74, 6) is 0. The number of carbonyl (C=O) groups is 1. The van der Waals surface area contributed by atoms with Gasteiger partial charge in [0.25, 0.3) is 11.4 Å². The molecular formula is C15H20N4O8S. The van der Waals surface area contributed by atoms with Gasteiger partial charge in [0.05, 0.1) is 15.9 Å². The molecule has 1 N–H and O–H groups in total. The number of hydrogen-bond donors (Lipinski definition) is 1. The Kier molecular flexibility index (Phi) is 5.89. The summed E-state index contributed by atoms with van der Waals surface area (Å²) >= 11 is 0. The van der Waals surface area contributed by atoms with Gasteiger partial charge >= 0.3 is 6.09 Å². The molecule has 1 amide bonds. The quantitative estimate of drug-likeness (QED) is 0.561. The molecule has 1 atom stereocenters. The lowest BCUT2D eigenvalue weighted by molar-refractivity contribution is -0.396. The van der Waals surface area contributed by atoms with Crippen molar-refractivity contribution in [1.82, 2.24) is 9.62 Å². The molecule has 1 saturated heterocycles. The van der Waals surface area contributed by atoms with Crippen LogP contribution in [0.1, 0.15) is 27.2 Å². The van der Waals surface area contributed by atoms with Crippen LogP contribution in [0.4, 0.5) is 16.2 Å². The van der Waals surface area contributed by atoms with Gasteiger partial charge in [-0.25, -0.2) is 17.9 Å². The molecule has 2 rings (SSSR count). The first-order chi connectivity index (χ1) is 12.8. The molecule has 0 aromatic heterocycles. The molecule has 0 bridgehead atoms. The van der Waals surface area contributed by atoms with Gasteiger partial charge in [-0.1, -0.05) is 0 Å². The molecule has 0 radical (unpaired) electrons. The molecule has 1 aliphatic rings. The van der Waals surface area contributed by atoms with Crippen molar-refractivity contribution < 1.29 is 27.8 Å². The van der Waals surface area contributed by atoms with Gasteiger partial charge in [0.2, 0.25) is 10.0 Å². The molecule has 1 aliphatic heterocycles. The fourth-order valence-electron chi connectivity index (χ4n) is 2.62. The number of non-ortho nitro benzene ring substituents is 1. The van der Waals surface area contributed by atoms with E-state index in [2.05, 4.69) is 4.72 Å². The summed E-state index contributed by atoms with van der Waals surface area (Å²) in [4.78, 5) is 32.8. The highest BCUT2D eigenvalue weighted by Crippen LogP contribution is 2.29. The first kappa shape index (κ1) is 21.5. The molecule has 154 valence electrons. The van der Waals surface area contributed by atoms with Crippen molar-refractivity contribution in [3.8, 4) is 0 Å². The van der Waals surface area contributed by atoms with E-state index in [1.165, 1.54) is 4.90 Å². The van der Waals surface area contributed by atoms with Gasteiger partial charge in [0.1, 0.15) is 5.60 Å². The molecule has 12 nitrogen and oxygen atoms in total. The Morgan fingerprint density at radius 1 is 1.25 bits per heavy atom. The molecule has 1 heterocycles. The number of nitrogens with one attached hydrogen (secondary N) is 1. The molecule has 0 spiro atoms. The second-order valence-electron chi connectivity index (χ2n) is 7.20. The summed E-state index contributed by atoms with van der Waals surface area (Å²) in [6.45, 7) is 5.40. The number of nitro benzene ring substituents is 2. The summed E-state index contributed by atoms with van der Waals surface area (Å²) < 4.78 is 32.7. The summed E-state index contributed by atoms with van der Waals surface area (Å²) in [5.41, 5.74) is -2.19. The van der Waals surface area contributed by atoms with Crippen LogP contribution in [0.15, 0.2) is 23.1 Å². The number of benzene rings is 1. The monoisotopic (exact) mass is 416 g/mol. The standard InChI is InChI=1S/C15H20N4O8S/c1-15(2,3)27-14(20)17-7-6-10(9-17)16-28(25,26)13-5-4-11(18(21)22)8-12(13)19(23)24/h4-5,8,10,16H,6-7,9H2,1-3H3/t10-/m0/s1. The van der Waals surface area contributed by atoms with Crippen LogP contribution in [0.2, 0.25) is 0 Å². The van der Waals surface area contributed by atoms with Crippen molar-refractivity contribution in [2.75, 3.05) is 13.1 Å². The van der Waals surface area contributed by atoms with Crippen molar-refractivity contribution in [2.24, 2.45) is 0 Å². The van der Waals surface area contributed by atoms with Gasteiger partial charge in [0.15, 0.2) is 4.90 Å². The van der Waals surface area contributed by atoms with Gasteiger partial charge < -0.3 is 9.64 Å². The molecular weight excluding hydrogens is 396 g/mol. The average Bonchev–Trinajstić information content (AvgIpc) is 3.00. The largest absolute Gasteiger partial charge is 0.444 e. The van der Waals surface area contributed by atoms with Crippen LogP contribution < -0.4 is 4.72 Å². The highest BCUT2D eigenvalue weighted by atomic mass is 32.2. The number of likely N-dealkylation sites (tertiary alicyclic amines) is 1. The summed E-state index contributed by atoms with van der Waals surface area (Å²) in [6.07, 6.45) is -0.297. The van der Waals surface area contributed by atoms with E-state index >= 15 is 0 Å². The molecule has 0 unspecified atom stereocenters. The second kappa shape index (κ2) is 7.67. The zero-order chi connectivity index (χ0) is 21.3. The van der Waals surface area contributed by atoms with Crippen LogP contribution in [0.25, 0.3) is 0 Å². The van der Waals surface area contributed by atoms with Gasteiger partial charge in [-0.2, -0.15) is 0 Å². The first-order valence-electron chi connectivity index (χ1n) is 8.23. The van der Waals surface area contributed by atoms with E-state index in [0.717, 1.165) is 12.1 Å². The Morgan fingerprint density at radius 2 is 1.89 bits per heavy atom. The predicted octanol–water partition coefficient (Wildman–Crippen LogP) is 1.79. The van der Waals surface area contributed by atoms with Crippen LogP contribution >= 0.6 is 0 Å². The number of hydrogen-bond acceptors (Lipinski definition) is 8. The highest BCUT2D eigenvalue weighted by Gasteiger charge is 2.35. The lowest BCUT2D eigenvalue weighted by atomic mass is 10.2. The third kappa shape index (κ3) is 5.13. The smallest absolute Gasteiger partial charge is 0.410 e. The highest BCUT2D eigenvalue weighted by molar-refractivity contribution is 7.89. The number of ether oxygens (including phenoxy) is 1. The molecule has 28 heavy (non-hydrogen) atoms. The third-order valence-corrected chi connectivity index (χ3v) is 5.37. The number of sulfonamides is 1. The molecule has 1 aromatic rings. The SMILES string of the molecule is CC(C)(C)OC(=O)N1CC[C@H](NS(=O)(=O)c2ccc([N+](=O)[O-])cc2[N+](=O)[O-])C1. The minimum Gasteiger partial charge on any atom is -0.444 e. The van der Waals surface area contributed by atoms with Gasteiger partial charge in [-0.15, -0.1) is 0 Å². The number of rotatable bonds is 5. The predicted molar refractivity (Wildman–Crippen MR) is 96.3 cm³/mol. The maximum Gasteiger partial charge on any atom is 0.410 e. The van der Waals surface area contributed by atoms with Crippen molar-refractivity contribution >= 4 is 27.5 Å². The van der Waals surface area contributed by atoms with E-state index in [9.17, 15) is 33.4 Å².